The van der Waals surface area contributed by atoms with E-state index < -0.39 is 5.97 Å². The average molecular weight is 450 g/mol. The molecule has 0 atom stereocenters. The first-order valence-electron chi connectivity index (χ1n) is 11.0. The molecule has 1 fully saturated rings. The fraction of sp³-hybridized carbons (Fsp3) is 0.375. The van der Waals surface area contributed by atoms with E-state index in [1.165, 1.54) is 0 Å². The third-order valence-corrected chi connectivity index (χ3v) is 5.72. The summed E-state index contributed by atoms with van der Waals surface area (Å²) in [6.07, 6.45) is 5.03. The predicted molar refractivity (Wildman–Crippen MR) is 120 cm³/mol. The Morgan fingerprint density at radius 2 is 2.00 bits per heavy atom. The van der Waals surface area contributed by atoms with Gasteiger partial charge in [-0.05, 0) is 43.5 Å². The van der Waals surface area contributed by atoms with Gasteiger partial charge >= 0.3 is 5.97 Å². The number of nitrogens with zero attached hydrogens (tertiary/aromatic N) is 5. The van der Waals surface area contributed by atoms with E-state index in [2.05, 4.69) is 15.3 Å². The van der Waals surface area contributed by atoms with E-state index in [1.807, 2.05) is 49.5 Å². The first kappa shape index (κ1) is 22.6. The number of likely N-dealkylation sites (tertiary alicyclic amines) is 1. The number of carbonyl (C=O) groups excluding carboxylic acids is 1. The summed E-state index contributed by atoms with van der Waals surface area (Å²) in [6.45, 7) is 3.99. The Labute approximate surface area is 192 Å². The predicted octanol–water partition coefficient (Wildman–Crippen LogP) is 2.94. The molecule has 33 heavy (non-hydrogen) atoms. The maximum absolute atomic E-state index is 13.0. The zero-order chi connectivity index (χ0) is 23.2. The standard InChI is InChI=1S/C24H27N5O4/c1-17-20(22-9-2-4-11-25-22)7-6-8-21(17)24(32)28-14-19(15-28)33-16-18-13-29(27-26-18)12-5-3-10-23(30)31/h2,4,6-9,11,13,19H,3,5,10,12,14-16H2,1H3,(H,30,31). The molecule has 1 aromatic carbocycles. The average Bonchev–Trinajstić information content (AvgIpc) is 3.24. The van der Waals surface area contributed by atoms with Gasteiger partial charge in [-0.15, -0.1) is 5.10 Å². The van der Waals surface area contributed by atoms with Crippen molar-refractivity contribution in [3.63, 3.8) is 0 Å². The number of benzene rings is 1. The Morgan fingerprint density at radius 1 is 1.15 bits per heavy atom. The highest BCUT2D eigenvalue weighted by atomic mass is 16.5. The van der Waals surface area contributed by atoms with Crippen LogP contribution in [-0.2, 0) is 22.7 Å². The molecule has 172 valence electrons. The van der Waals surface area contributed by atoms with Crippen LogP contribution >= 0.6 is 0 Å². The molecule has 1 saturated heterocycles. The van der Waals surface area contributed by atoms with E-state index in [-0.39, 0.29) is 18.4 Å². The number of carbonyl (C=O) groups is 2. The van der Waals surface area contributed by atoms with Crippen molar-refractivity contribution < 1.29 is 19.4 Å². The summed E-state index contributed by atoms with van der Waals surface area (Å²) in [7, 11) is 0. The van der Waals surface area contributed by atoms with Gasteiger partial charge in [0.1, 0.15) is 5.69 Å². The van der Waals surface area contributed by atoms with Crippen molar-refractivity contribution in [1.82, 2.24) is 24.9 Å². The van der Waals surface area contributed by atoms with E-state index in [0.29, 0.717) is 38.2 Å². The quantitative estimate of drug-likeness (QED) is 0.474. The summed E-state index contributed by atoms with van der Waals surface area (Å²) in [4.78, 5) is 29.8. The normalized spacial score (nSPS) is 13.7. The van der Waals surface area contributed by atoms with Gasteiger partial charge in [0.05, 0.1) is 24.6 Å². The fourth-order valence-electron chi connectivity index (χ4n) is 3.81. The molecular weight excluding hydrogens is 422 g/mol. The van der Waals surface area contributed by atoms with Gasteiger partial charge < -0.3 is 14.7 Å². The number of unbranched alkanes of at least 4 members (excludes halogenated alkanes) is 1. The molecule has 9 nitrogen and oxygen atoms in total. The molecule has 1 N–H and O–H groups in total. The summed E-state index contributed by atoms with van der Waals surface area (Å²) in [6, 6.07) is 11.5. The number of carboxylic acids is 1. The first-order valence-corrected chi connectivity index (χ1v) is 11.0. The van der Waals surface area contributed by atoms with Crippen molar-refractivity contribution in [2.24, 2.45) is 0 Å². The molecule has 3 heterocycles. The summed E-state index contributed by atoms with van der Waals surface area (Å²) >= 11 is 0. The van der Waals surface area contributed by atoms with Gasteiger partial charge in [-0.25, -0.2) is 0 Å². The number of amides is 1. The van der Waals surface area contributed by atoms with Crippen molar-refractivity contribution in [1.29, 1.82) is 0 Å². The molecule has 0 aliphatic carbocycles. The highest BCUT2D eigenvalue weighted by Crippen LogP contribution is 2.26. The zero-order valence-electron chi connectivity index (χ0n) is 18.6. The molecule has 4 rings (SSSR count). The lowest BCUT2D eigenvalue weighted by atomic mass is 9.97. The number of carboxylic acid groups (broad SMARTS) is 1. The summed E-state index contributed by atoms with van der Waals surface area (Å²) in [5.41, 5.74) is 4.13. The van der Waals surface area contributed by atoms with Crippen molar-refractivity contribution in [3.05, 3.63) is 65.6 Å². The number of aromatic nitrogens is 4. The van der Waals surface area contributed by atoms with Crippen LogP contribution in [0, 0.1) is 6.92 Å². The summed E-state index contributed by atoms with van der Waals surface area (Å²) in [5.74, 6) is -0.788. The van der Waals surface area contributed by atoms with Crippen LogP contribution in [0.1, 0.15) is 40.9 Å². The molecule has 1 amide bonds. The molecule has 1 aliphatic rings. The van der Waals surface area contributed by atoms with E-state index in [9.17, 15) is 9.59 Å². The maximum Gasteiger partial charge on any atom is 0.303 e. The van der Waals surface area contributed by atoms with Gasteiger partial charge in [0.15, 0.2) is 0 Å². The molecule has 0 unspecified atom stereocenters. The van der Waals surface area contributed by atoms with Crippen LogP contribution in [0.3, 0.4) is 0 Å². The molecule has 9 heteroatoms. The van der Waals surface area contributed by atoms with Crippen LogP contribution in [0.4, 0.5) is 0 Å². The van der Waals surface area contributed by atoms with Crippen molar-refractivity contribution in [3.8, 4) is 11.3 Å². The molecule has 0 spiro atoms. The minimum absolute atomic E-state index is 0.00237. The third kappa shape index (κ3) is 5.61. The number of rotatable bonds is 10. The van der Waals surface area contributed by atoms with Gasteiger partial charge in [0.2, 0.25) is 0 Å². The van der Waals surface area contributed by atoms with Crippen LogP contribution < -0.4 is 0 Å². The number of pyridine rings is 1. The van der Waals surface area contributed by atoms with E-state index >= 15 is 0 Å². The Hall–Kier alpha value is -3.59. The number of aryl methyl sites for hydroxylation is 1. The molecular formula is C24H27N5O4. The first-order chi connectivity index (χ1) is 16.0. The highest BCUT2D eigenvalue weighted by Gasteiger charge is 2.33. The van der Waals surface area contributed by atoms with Gasteiger partial charge in [-0.3, -0.25) is 19.3 Å². The van der Waals surface area contributed by atoms with Gasteiger partial charge in [0, 0.05) is 43.4 Å². The van der Waals surface area contributed by atoms with Crippen molar-refractivity contribution in [2.45, 2.75) is 45.4 Å². The molecule has 0 bridgehead atoms. The molecule has 3 aromatic rings. The number of aliphatic carboxylic acids is 1. The monoisotopic (exact) mass is 449 g/mol. The van der Waals surface area contributed by atoms with Gasteiger partial charge in [0.25, 0.3) is 5.91 Å². The Balaban J connectivity index is 1.25. The second-order valence-electron chi connectivity index (χ2n) is 8.16. The SMILES string of the molecule is Cc1c(C(=O)N2CC(OCc3cn(CCCCC(=O)O)nn3)C2)cccc1-c1ccccn1. The van der Waals surface area contributed by atoms with Crippen LogP contribution in [0.2, 0.25) is 0 Å². The molecule has 2 aromatic heterocycles. The van der Waals surface area contributed by atoms with Gasteiger partial charge in [-0.1, -0.05) is 23.4 Å². The molecule has 0 radical (unpaired) electrons. The maximum atomic E-state index is 13.0. The lowest BCUT2D eigenvalue weighted by molar-refractivity contribution is -0.137. The van der Waals surface area contributed by atoms with E-state index in [1.54, 1.807) is 15.8 Å². The summed E-state index contributed by atoms with van der Waals surface area (Å²) < 4.78 is 7.58. The second-order valence-corrected chi connectivity index (χ2v) is 8.16. The van der Waals surface area contributed by atoms with Crippen molar-refractivity contribution >= 4 is 11.9 Å². The number of hydrogen-bond donors (Lipinski definition) is 1. The fourth-order valence-corrected chi connectivity index (χ4v) is 3.81. The third-order valence-electron chi connectivity index (χ3n) is 5.72. The Morgan fingerprint density at radius 3 is 2.76 bits per heavy atom. The highest BCUT2D eigenvalue weighted by molar-refractivity contribution is 5.97. The lowest BCUT2D eigenvalue weighted by Gasteiger charge is -2.39. The van der Waals surface area contributed by atoms with Crippen LogP contribution in [0.5, 0.6) is 0 Å². The van der Waals surface area contributed by atoms with Crippen LogP contribution in [0.25, 0.3) is 11.3 Å². The topological polar surface area (TPSA) is 110 Å². The minimum Gasteiger partial charge on any atom is -0.481 e. The van der Waals surface area contributed by atoms with E-state index in [0.717, 1.165) is 28.9 Å². The summed E-state index contributed by atoms with van der Waals surface area (Å²) in [5, 5.41) is 16.8. The second kappa shape index (κ2) is 10.4. The Kier molecular flexibility index (Phi) is 7.09. The molecule has 1 aliphatic heterocycles. The largest absolute Gasteiger partial charge is 0.481 e. The zero-order valence-corrected chi connectivity index (χ0v) is 18.6. The number of hydrogen-bond acceptors (Lipinski definition) is 6. The number of ether oxygens (including phenoxy) is 1. The van der Waals surface area contributed by atoms with E-state index in [4.69, 9.17) is 9.84 Å². The lowest BCUT2D eigenvalue weighted by Crippen LogP contribution is -2.54. The molecule has 0 saturated carbocycles. The Bertz CT molecular complexity index is 1110. The van der Waals surface area contributed by atoms with Gasteiger partial charge in [-0.2, -0.15) is 0 Å². The smallest absolute Gasteiger partial charge is 0.303 e. The van der Waals surface area contributed by atoms with Crippen molar-refractivity contribution in [2.75, 3.05) is 13.1 Å². The van der Waals surface area contributed by atoms with Crippen LogP contribution in [0.15, 0.2) is 48.8 Å². The van der Waals surface area contributed by atoms with Crippen LogP contribution in [-0.4, -0.2) is 61.1 Å². The minimum atomic E-state index is -0.785.